The predicted octanol–water partition coefficient (Wildman–Crippen LogP) is 3.81. The van der Waals surface area contributed by atoms with Crippen molar-refractivity contribution < 1.29 is 8.42 Å². The van der Waals surface area contributed by atoms with Gasteiger partial charge in [-0.05, 0) is 50.2 Å². The Morgan fingerprint density at radius 2 is 1.76 bits per heavy atom. The van der Waals surface area contributed by atoms with Crippen molar-refractivity contribution in [1.82, 2.24) is 8.87 Å². The lowest BCUT2D eigenvalue weighted by Gasteiger charge is -2.35. The van der Waals surface area contributed by atoms with Gasteiger partial charge in [0, 0.05) is 42.9 Å². The first kappa shape index (κ1) is 20.4. The molecule has 1 saturated heterocycles. The van der Waals surface area contributed by atoms with E-state index in [1.165, 1.54) is 4.31 Å². The van der Waals surface area contributed by atoms with E-state index in [1.54, 1.807) is 22.8 Å². The third kappa shape index (κ3) is 3.82. The van der Waals surface area contributed by atoms with Crippen LogP contribution >= 0.6 is 22.9 Å². The quantitative estimate of drug-likeness (QED) is 0.605. The number of fused-ring (bicyclic) bond motifs is 1. The van der Waals surface area contributed by atoms with Gasteiger partial charge in [-0.1, -0.05) is 29.0 Å². The highest BCUT2D eigenvalue weighted by molar-refractivity contribution is 7.89. The maximum Gasteiger partial charge on any atom is 0.308 e. The number of rotatable bonds is 4. The van der Waals surface area contributed by atoms with E-state index in [0.29, 0.717) is 35.9 Å². The Balaban J connectivity index is 1.57. The first-order valence-corrected chi connectivity index (χ1v) is 12.1. The van der Waals surface area contributed by atoms with Crippen LogP contribution in [0.25, 0.3) is 10.2 Å². The van der Waals surface area contributed by atoms with Gasteiger partial charge in [0.1, 0.15) is 0 Å². The molecule has 4 rings (SSSR count). The summed E-state index contributed by atoms with van der Waals surface area (Å²) in [5, 5.41) is 0.665. The highest BCUT2D eigenvalue weighted by Crippen LogP contribution is 2.27. The number of halogens is 1. The van der Waals surface area contributed by atoms with E-state index in [4.69, 9.17) is 11.6 Å². The van der Waals surface area contributed by atoms with Gasteiger partial charge in [0.05, 0.1) is 15.1 Å². The molecule has 0 N–H and O–H groups in total. The van der Waals surface area contributed by atoms with Crippen LogP contribution in [0.2, 0.25) is 5.02 Å². The standard InChI is InChI=1S/C20H22ClN3O3S2/c1-14(2)24-18-7-6-17(13-19(18)28-20(24)25)29(26,27)23-10-8-22(9-11-23)16-5-3-4-15(21)12-16/h3-7,12-14H,8-11H2,1-2H3. The first-order chi connectivity index (χ1) is 13.8. The molecule has 29 heavy (non-hydrogen) atoms. The Labute approximate surface area is 179 Å². The SMILES string of the molecule is CC(C)n1c(=O)sc2cc(S(=O)(=O)N3CCN(c4cccc(Cl)c4)CC3)ccc21. The summed E-state index contributed by atoms with van der Waals surface area (Å²) in [4.78, 5) is 14.5. The molecule has 2 aromatic carbocycles. The van der Waals surface area contributed by atoms with Crippen molar-refractivity contribution in [3.63, 3.8) is 0 Å². The normalized spacial score (nSPS) is 16.1. The molecule has 0 aliphatic carbocycles. The summed E-state index contributed by atoms with van der Waals surface area (Å²) in [5.74, 6) is 0. The van der Waals surface area contributed by atoms with Crippen molar-refractivity contribution in [3.8, 4) is 0 Å². The van der Waals surface area contributed by atoms with Gasteiger partial charge < -0.3 is 4.90 Å². The second-order valence-electron chi connectivity index (χ2n) is 7.33. The number of piperazine rings is 1. The summed E-state index contributed by atoms with van der Waals surface area (Å²) >= 11 is 7.16. The molecule has 1 fully saturated rings. The molecule has 0 unspecified atom stereocenters. The van der Waals surface area contributed by atoms with Crippen LogP contribution in [0.4, 0.5) is 5.69 Å². The number of hydrogen-bond donors (Lipinski definition) is 0. The Bertz CT molecular complexity index is 1210. The molecule has 1 aliphatic rings. The number of aromatic nitrogens is 1. The van der Waals surface area contributed by atoms with Crippen LogP contribution in [0.5, 0.6) is 0 Å². The fourth-order valence-corrected chi connectivity index (χ4v) is 6.44. The maximum absolute atomic E-state index is 13.2. The van der Waals surface area contributed by atoms with Gasteiger partial charge in [0.15, 0.2) is 0 Å². The highest BCUT2D eigenvalue weighted by Gasteiger charge is 2.29. The zero-order valence-corrected chi connectivity index (χ0v) is 18.6. The van der Waals surface area contributed by atoms with Crippen molar-refractivity contribution in [2.75, 3.05) is 31.1 Å². The van der Waals surface area contributed by atoms with Gasteiger partial charge in [-0.2, -0.15) is 4.31 Å². The minimum absolute atomic E-state index is 0.0262. The van der Waals surface area contributed by atoms with Crippen LogP contribution in [0.15, 0.2) is 52.2 Å². The highest BCUT2D eigenvalue weighted by atomic mass is 35.5. The van der Waals surface area contributed by atoms with Gasteiger partial charge in [-0.3, -0.25) is 9.36 Å². The zero-order chi connectivity index (χ0) is 20.8. The Kier molecular flexibility index (Phi) is 5.46. The summed E-state index contributed by atoms with van der Waals surface area (Å²) in [6.07, 6.45) is 0. The van der Waals surface area contributed by atoms with E-state index in [1.807, 2.05) is 38.1 Å². The summed E-state index contributed by atoms with van der Waals surface area (Å²) in [5.41, 5.74) is 1.77. The van der Waals surface area contributed by atoms with Crippen LogP contribution in [0, 0.1) is 0 Å². The number of hydrogen-bond acceptors (Lipinski definition) is 5. The minimum Gasteiger partial charge on any atom is -0.369 e. The summed E-state index contributed by atoms with van der Waals surface area (Å²) in [7, 11) is -3.62. The second kappa shape index (κ2) is 7.75. The third-order valence-electron chi connectivity index (χ3n) is 5.15. The molecule has 3 aromatic rings. The van der Waals surface area contributed by atoms with E-state index in [2.05, 4.69) is 4.90 Å². The molecular formula is C20H22ClN3O3S2. The van der Waals surface area contributed by atoms with Crippen LogP contribution in [-0.2, 0) is 10.0 Å². The zero-order valence-electron chi connectivity index (χ0n) is 16.2. The monoisotopic (exact) mass is 451 g/mol. The topological polar surface area (TPSA) is 62.6 Å². The Morgan fingerprint density at radius 1 is 1.03 bits per heavy atom. The fourth-order valence-electron chi connectivity index (χ4n) is 3.67. The van der Waals surface area contributed by atoms with Gasteiger partial charge in [0.25, 0.3) is 0 Å². The predicted molar refractivity (Wildman–Crippen MR) is 119 cm³/mol. The van der Waals surface area contributed by atoms with Crippen LogP contribution in [0.3, 0.4) is 0 Å². The molecule has 0 saturated carbocycles. The van der Waals surface area contributed by atoms with E-state index < -0.39 is 10.0 Å². The molecule has 1 aliphatic heterocycles. The first-order valence-electron chi connectivity index (χ1n) is 9.43. The van der Waals surface area contributed by atoms with Crippen molar-refractivity contribution in [1.29, 1.82) is 0 Å². The van der Waals surface area contributed by atoms with Crippen molar-refractivity contribution in [2.24, 2.45) is 0 Å². The van der Waals surface area contributed by atoms with E-state index in [-0.39, 0.29) is 15.8 Å². The number of nitrogens with zero attached hydrogens (tertiary/aromatic N) is 3. The lowest BCUT2D eigenvalue weighted by molar-refractivity contribution is 0.385. The smallest absolute Gasteiger partial charge is 0.308 e. The average Bonchev–Trinajstić information content (AvgIpc) is 3.03. The molecule has 154 valence electrons. The molecule has 9 heteroatoms. The molecular weight excluding hydrogens is 430 g/mol. The van der Waals surface area contributed by atoms with E-state index in [0.717, 1.165) is 22.5 Å². The molecule has 0 amide bonds. The minimum atomic E-state index is -3.62. The Hall–Kier alpha value is -1.87. The molecule has 6 nitrogen and oxygen atoms in total. The van der Waals surface area contributed by atoms with Crippen molar-refractivity contribution >= 4 is 48.9 Å². The lowest BCUT2D eigenvalue weighted by atomic mass is 10.2. The van der Waals surface area contributed by atoms with Crippen molar-refractivity contribution in [3.05, 3.63) is 57.2 Å². The summed E-state index contributed by atoms with van der Waals surface area (Å²) in [6, 6.07) is 12.6. The second-order valence-corrected chi connectivity index (χ2v) is 10.7. The van der Waals surface area contributed by atoms with Crippen LogP contribution in [0.1, 0.15) is 19.9 Å². The molecule has 0 spiro atoms. The number of sulfonamides is 1. The van der Waals surface area contributed by atoms with Gasteiger partial charge in [-0.15, -0.1) is 0 Å². The van der Waals surface area contributed by atoms with Gasteiger partial charge in [-0.25, -0.2) is 8.42 Å². The largest absolute Gasteiger partial charge is 0.369 e. The van der Waals surface area contributed by atoms with Crippen LogP contribution in [-0.4, -0.2) is 43.5 Å². The Morgan fingerprint density at radius 3 is 2.41 bits per heavy atom. The molecule has 2 heterocycles. The fraction of sp³-hybridized carbons (Fsp3) is 0.350. The molecule has 0 radical (unpaired) electrons. The van der Waals surface area contributed by atoms with Crippen molar-refractivity contribution in [2.45, 2.75) is 24.8 Å². The van der Waals surface area contributed by atoms with Crippen LogP contribution < -0.4 is 9.77 Å². The maximum atomic E-state index is 13.2. The molecule has 0 atom stereocenters. The number of anilines is 1. The third-order valence-corrected chi connectivity index (χ3v) is 8.20. The average molecular weight is 452 g/mol. The van der Waals surface area contributed by atoms with Gasteiger partial charge >= 0.3 is 4.87 Å². The van der Waals surface area contributed by atoms with E-state index in [9.17, 15) is 13.2 Å². The molecule has 0 bridgehead atoms. The van der Waals surface area contributed by atoms with Gasteiger partial charge in [0.2, 0.25) is 10.0 Å². The summed E-state index contributed by atoms with van der Waals surface area (Å²) < 4.78 is 30.2. The number of benzene rings is 2. The lowest BCUT2D eigenvalue weighted by Crippen LogP contribution is -2.48. The number of thiazole rings is 1. The summed E-state index contributed by atoms with van der Waals surface area (Å²) in [6.45, 7) is 5.87. The molecule has 1 aromatic heterocycles. The van der Waals surface area contributed by atoms with E-state index >= 15 is 0 Å².